The van der Waals surface area contributed by atoms with Crippen molar-refractivity contribution >= 4 is 17.5 Å². The van der Waals surface area contributed by atoms with Crippen molar-refractivity contribution in [3.63, 3.8) is 0 Å². The van der Waals surface area contributed by atoms with Crippen molar-refractivity contribution < 1.29 is 9.53 Å². The summed E-state index contributed by atoms with van der Waals surface area (Å²) in [6, 6.07) is 12.8. The van der Waals surface area contributed by atoms with Gasteiger partial charge in [0.15, 0.2) is 0 Å². The number of nitrogens with zero attached hydrogens (tertiary/aromatic N) is 3. The minimum atomic E-state index is -0.0365. The van der Waals surface area contributed by atoms with Gasteiger partial charge in [-0.05, 0) is 30.4 Å². The van der Waals surface area contributed by atoms with Crippen molar-refractivity contribution in [1.82, 2.24) is 14.8 Å². The van der Waals surface area contributed by atoms with E-state index in [-0.39, 0.29) is 5.91 Å². The fourth-order valence-electron chi connectivity index (χ4n) is 4.26. The van der Waals surface area contributed by atoms with Gasteiger partial charge in [-0.15, -0.1) is 0 Å². The Morgan fingerprint density at radius 2 is 1.96 bits per heavy atom. The molecule has 5 nitrogen and oxygen atoms in total. The van der Waals surface area contributed by atoms with Crippen LogP contribution in [0, 0.1) is 0 Å². The molecule has 0 spiro atoms. The lowest BCUT2D eigenvalue weighted by Crippen LogP contribution is -2.57. The maximum absolute atomic E-state index is 13.0. The molecular weight excluding hydrogens is 362 g/mol. The molecule has 4 rings (SSSR count). The van der Waals surface area contributed by atoms with Crippen LogP contribution in [0.1, 0.15) is 34.7 Å². The van der Waals surface area contributed by atoms with Crippen molar-refractivity contribution in [2.24, 2.45) is 0 Å². The van der Waals surface area contributed by atoms with Gasteiger partial charge in [-0.25, -0.2) is 4.98 Å². The van der Waals surface area contributed by atoms with E-state index in [2.05, 4.69) is 40.2 Å². The van der Waals surface area contributed by atoms with E-state index < -0.39 is 0 Å². The summed E-state index contributed by atoms with van der Waals surface area (Å²) < 4.78 is 5.14. The Morgan fingerprint density at radius 1 is 1.15 bits per heavy atom. The van der Waals surface area contributed by atoms with Gasteiger partial charge in [0, 0.05) is 38.4 Å². The smallest absolute Gasteiger partial charge is 0.255 e. The van der Waals surface area contributed by atoms with E-state index >= 15 is 0 Å². The topological polar surface area (TPSA) is 45.7 Å². The van der Waals surface area contributed by atoms with Gasteiger partial charge in [-0.3, -0.25) is 9.69 Å². The van der Waals surface area contributed by atoms with Crippen molar-refractivity contribution in [1.29, 1.82) is 0 Å². The third kappa shape index (κ3) is 3.66. The second-order valence-electron chi connectivity index (χ2n) is 7.27. The van der Waals surface area contributed by atoms with Gasteiger partial charge in [-0.2, -0.15) is 0 Å². The molecule has 142 valence electrons. The number of aromatic nitrogens is 1. The summed E-state index contributed by atoms with van der Waals surface area (Å²) in [7, 11) is 1.51. The van der Waals surface area contributed by atoms with Crippen LogP contribution >= 0.6 is 11.6 Å². The Hall–Kier alpha value is -2.11. The summed E-state index contributed by atoms with van der Waals surface area (Å²) in [6.45, 7) is 3.44. The molecule has 6 heteroatoms. The van der Waals surface area contributed by atoms with E-state index in [9.17, 15) is 4.79 Å². The van der Waals surface area contributed by atoms with Crippen LogP contribution in [-0.4, -0.2) is 60.0 Å². The molecule has 0 bridgehead atoms. The number of ether oxygens (including phenoxy) is 1. The molecule has 27 heavy (non-hydrogen) atoms. The highest BCUT2D eigenvalue weighted by atomic mass is 35.5. The van der Waals surface area contributed by atoms with Crippen molar-refractivity contribution in [3.05, 3.63) is 58.7 Å². The Kier molecular flexibility index (Phi) is 5.32. The zero-order valence-electron chi connectivity index (χ0n) is 15.5. The molecule has 2 saturated heterocycles. The number of fused-ring (bicyclic) bond motifs is 1. The Morgan fingerprint density at radius 3 is 2.74 bits per heavy atom. The number of halogens is 1. The van der Waals surface area contributed by atoms with Crippen molar-refractivity contribution in [3.8, 4) is 5.88 Å². The predicted octanol–water partition coefficient (Wildman–Crippen LogP) is 3.45. The molecule has 1 aromatic heterocycles. The second kappa shape index (κ2) is 7.87. The van der Waals surface area contributed by atoms with E-state index in [0.29, 0.717) is 28.4 Å². The number of piperidine rings is 1. The molecule has 3 heterocycles. The van der Waals surface area contributed by atoms with Crippen LogP contribution in [0.25, 0.3) is 0 Å². The van der Waals surface area contributed by atoms with E-state index in [1.165, 1.54) is 12.7 Å². The molecule has 0 aliphatic carbocycles. The quantitative estimate of drug-likeness (QED) is 0.811. The van der Waals surface area contributed by atoms with Gasteiger partial charge in [0.2, 0.25) is 5.88 Å². The number of piperazine rings is 1. The molecule has 2 atom stereocenters. The van der Waals surface area contributed by atoms with Crippen molar-refractivity contribution in [2.45, 2.75) is 24.8 Å². The highest BCUT2D eigenvalue weighted by Gasteiger charge is 2.35. The molecule has 0 unspecified atom stereocenters. The number of pyridine rings is 1. The molecule has 1 amide bonds. The van der Waals surface area contributed by atoms with Crippen LogP contribution in [0.4, 0.5) is 0 Å². The third-order valence-electron chi connectivity index (χ3n) is 5.75. The molecule has 2 aromatic rings. The molecule has 0 radical (unpaired) electrons. The highest BCUT2D eigenvalue weighted by Crippen LogP contribution is 2.33. The molecule has 0 saturated carbocycles. The Balaban J connectivity index is 1.43. The Bertz CT molecular complexity index is 814. The SMILES string of the molecule is COc1nccc(C(=O)N2CCN3C[C@@H](c4ccccc4)CC[C@@H]3C2)c1Cl. The standard InChI is InChI=1S/C21H24ClN3O2/c1-27-20-19(22)18(9-10-23-20)21(26)25-12-11-24-13-16(7-8-17(24)14-25)15-5-3-2-4-6-15/h2-6,9-10,16-17H,7-8,11-14H2,1H3/t16-,17+/m0/s1. The molecular formula is C21H24ClN3O2. The van der Waals surface area contributed by atoms with Crippen LogP contribution in [0.15, 0.2) is 42.6 Å². The summed E-state index contributed by atoms with van der Waals surface area (Å²) in [5.41, 5.74) is 1.89. The zero-order valence-corrected chi connectivity index (χ0v) is 16.2. The fraction of sp³-hybridized carbons (Fsp3) is 0.429. The van der Waals surface area contributed by atoms with E-state index in [0.717, 1.165) is 39.0 Å². The van der Waals surface area contributed by atoms with Gasteiger partial charge in [0.05, 0.1) is 12.7 Å². The van der Waals surface area contributed by atoms with Crippen LogP contribution < -0.4 is 4.74 Å². The van der Waals surface area contributed by atoms with Crippen LogP contribution in [0.3, 0.4) is 0 Å². The molecule has 2 aliphatic heterocycles. The summed E-state index contributed by atoms with van der Waals surface area (Å²) in [5.74, 6) is 0.846. The predicted molar refractivity (Wildman–Crippen MR) is 105 cm³/mol. The Labute approximate surface area is 164 Å². The molecule has 0 N–H and O–H groups in total. The first-order chi connectivity index (χ1) is 13.2. The van der Waals surface area contributed by atoms with E-state index in [1.807, 2.05) is 4.90 Å². The maximum atomic E-state index is 13.0. The molecule has 2 fully saturated rings. The van der Waals surface area contributed by atoms with E-state index in [4.69, 9.17) is 16.3 Å². The van der Waals surface area contributed by atoms with Gasteiger partial charge >= 0.3 is 0 Å². The number of hydrogen-bond donors (Lipinski definition) is 0. The summed E-state index contributed by atoms with van der Waals surface area (Å²) in [4.78, 5) is 21.5. The van der Waals surface area contributed by atoms with Gasteiger partial charge < -0.3 is 9.64 Å². The number of rotatable bonds is 3. The highest BCUT2D eigenvalue weighted by molar-refractivity contribution is 6.35. The minimum Gasteiger partial charge on any atom is -0.480 e. The van der Waals surface area contributed by atoms with Gasteiger partial charge in [0.1, 0.15) is 5.02 Å². The number of amides is 1. The first-order valence-electron chi connectivity index (χ1n) is 9.44. The summed E-state index contributed by atoms with van der Waals surface area (Å²) in [5, 5.41) is 0.292. The average Bonchev–Trinajstić information content (AvgIpc) is 2.73. The zero-order chi connectivity index (χ0) is 18.8. The van der Waals surface area contributed by atoms with Crippen molar-refractivity contribution in [2.75, 3.05) is 33.3 Å². The first-order valence-corrected chi connectivity index (χ1v) is 9.82. The summed E-state index contributed by atoms with van der Waals surface area (Å²) >= 11 is 6.30. The number of hydrogen-bond acceptors (Lipinski definition) is 4. The normalized spacial score (nSPS) is 23.0. The molecule has 2 aliphatic rings. The van der Waals surface area contributed by atoms with Gasteiger partial charge in [0.25, 0.3) is 5.91 Å². The molecule has 1 aromatic carbocycles. The first kappa shape index (κ1) is 18.3. The van der Waals surface area contributed by atoms with Gasteiger partial charge in [-0.1, -0.05) is 41.9 Å². The number of carbonyl (C=O) groups is 1. The average molecular weight is 386 g/mol. The lowest BCUT2D eigenvalue weighted by atomic mass is 9.86. The largest absolute Gasteiger partial charge is 0.480 e. The minimum absolute atomic E-state index is 0.0365. The second-order valence-corrected chi connectivity index (χ2v) is 7.64. The lowest BCUT2D eigenvalue weighted by molar-refractivity contribution is 0.0329. The number of methoxy groups -OCH3 is 1. The fourth-order valence-corrected chi connectivity index (χ4v) is 4.53. The maximum Gasteiger partial charge on any atom is 0.255 e. The van der Waals surface area contributed by atoms with E-state index in [1.54, 1.807) is 12.3 Å². The number of benzene rings is 1. The van der Waals surface area contributed by atoms with Crippen LogP contribution in [-0.2, 0) is 0 Å². The lowest BCUT2D eigenvalue weighted by Gasteiger charge is -2.46. The summed E-state index contributed by atoms with van der Waals surface area (Å²) in [6.07, 6.45) is 3.84. The van der Waals surface area contributed by atoms with Crippen LogP contribution in [0.5, 0.6) is 5.88 Å². The third-order valence-corrected chi connectivity index (χ3v) is 6.11. The van der Waals surface area contributed by atoms with Crippen LogP contribution in [0.2, 0.25) is 5.02 Å². The monoisotopic (exact) mass is 385 g/mol. The number of carbonyl (C=O) groups excluding carboxylic acids is 1.